The van der Waals surface area contributed by atoms with Gasteiger partial charge in [-0.2, -0.15) is 0 Å². The highest BCUT2D eigenvalue weighted by atomic mass is 16.5. The van der Waals surface area contributed by atoms with E-state index in [1.165, 1.54) is 11.1 Å². The lowest BCUT2D eigenvalue weighted by molar-refractivity contribution is -0.116. The summed E-state index contributed by atoms with van der Waals surface area (Å²) in [6.07, 6.45) is 4.41. The van der Waals surface area contributed by atoms with Gasteiger partial charge in [0.2, 0.25) is 5.91 Å². The van der Waals surface area contributed by atoms with E-state index in [1.807, 2.05) is 33.8 Å². The van der Waals surface area contributed by atoms with Crippen LogP contribution in [0.5, 0.6) is 5.75 Å². The Morgan fingerprint density at radius 3 is 2.64 bits per heavy atom. The standard InChI is InChI=1S/C28H35NO4/c1-7-31-26-16-27-24(25(17-33-27)22-10-9-19(4)13-20(22)5)15-23(26)21(6)14-28(30)29-11-8-12-32-18(2)3/h9-10,13-18H,7-8,11-12H2,1-6H3,(H,29,30)/b21-14+. The number of ether oxygens (including phenoxy) is 2. The molecule has 0 aliphatic rings. The molecule has 0 unspecified atom stereocenters. The minimum absolute atomic E-state index is 0.124. The van der Waals surface area contributed by atoms with Crippen LogP contribution in [0.1, 0.15) is 50.8 Å². The van der Waals surface area contributed by atoms with E-state index in [0.717, 1.165) is 39.7 Å². The number of rotatable bonds is 10. The molecule has 0 saturated heterocycles. The minimum atomic E-state index is -0.124. The van der Waals surface area contributed by atoms with Gasteiger partial charge in [0.05, 0.1) is 19.0 Å². The molecule has 0 atom stereocenters. The van der Waals surface area contributed by atoms with Crippen molar-refractivity contribution in [2.75, 3.05) is 19.8 Å². The first-order valence-corrected chi connectivity index (χ1v) is 11.6. The predicted octanol–water partition coefficient (Wildman–Crippen LogP) is 6.45. The molecule has 33 heavy (non-hydrogen) atoms. The average molecular weight is 450 g/mol. The number of aryl methyl sites for hydroxylation is 2. The molecule has 1 aromatic heterocycles. The number of carbonyl (C=O) groups excluding carboxylic acids is 1. The molecule has 0 aliphatic carbocycles. The van der Waals surface area contributed by atoms with Crippen molar-refractivity contribution in [1.82, 2.24) is 5.32 Å². The third-order valence-electron chi connectivity index (χ3n) is 5.49. The lowest BCUT2D eigenvalue weighted by Crippen LogP contribution is -2.23. The van der Waals surface area contributed by atoms with Crippen LogP contribution in [-0.4, -0.2) is 31.8 Å². The molecule has 1 heterocycles. The smallest absolute Gasteiger partial charge is 0.244 e. The Morgan fingerprint density at radius 1 is 1.15 bits per heavy atom. The van der Waals surface area contributed by atoms with Gasteiger partial charge >= 0.3 is 0 Å². The summed E-state index contributed by atoms with van der Waals surface area (Å²) in [5.74, 6) is 0.583. The maximum absolute atomic E-state index is 12.5. The summed E-state index contributed by atoms with van der Waals surface area (Å²) in [7, 11) is 0. The molecular formula is C28H35NO4. The van der Waals surface area contributed by atoms with Crippen LogP contribution in [0.15, 0.2) is 47.1 Å². The van der Waals surface area contributed by atoms with Crippen LogP contribution in [0.3, 0.4) is 0 Å². The Bertz CT molecular complexity index is 1140. The Hall–Kier alpha value is -3.05. The summed E-state index contributed by atoms with van der Waals surface area (Å²) in [5.41, 5.74) is 7.08. The lowest BCUT2D eigenvalue weighted by Gasteiger charge is -2.12. The van der Waals surface area contributed by atoms with E-state index in [1.54, 1.807) is 12.3 Å². The van der Waals surface area contributed by atoms with Gasteiger partial charge in [0.1, 0.15) is 11.3 Å². The number of hydrogen-bond donors (Lipinski definition) is 1. The second-order valence-electron chi connectivity index (χ2n) is 8.64. The number of allylic oxidation sites excluding steroid dienone is 1. The van der Waals surface area contributed by atoms with Crippen LogP contribution >= 0.6 is 0 Å². The normalized spacial score (nSPS) is 11.9. The molecule has 0 spiro atoms. The molecule has 3 aromatic rings. The molecule has 176 valence electrons. The highest BCUT2D eigenvalue weighted by molar-refractivity contribution is 6.00. The monoisotopic (exact) mass is 449 g/mol. The van der Waals surface area contributed by atoms with Gasteiger partial charge in [0.15, 0.2) is 0 Å². The summed E-state index contributed by atoms with van der Waals surface area (Å²) < 4.78 is 17.3. The molecule has 0 bridgehead atoms. The van der Waals surface area contributed by atoms with Crippen LogP contribution in [0.4, 0.5) is 0 Å². The zero-order valence-corrected chi connectivity index (χ0v) is 20.6. The molecule has 2 aromatic carbocycles. The number of amides is 1. The summed E-state index contributed by atoms with van der Waals surface area (Å²) in [5, 5.41) is 3.94. The lowest BCUT2D eigenvalue weighted by atomic mass is 9.96. The molecular weight excluding hydrogens is 414 g/mol. The molecule has 0 aliphatic heterocycles. The molecule has 1 amide bonds. The molecule has 5 heteroatoms. The van der Waals surface area contributed by atoms with E-state index in [4.69, 9.17) is 13.9 Å². The van der Waals surface area contributed by atoms with E-state index in [-0.39, 0.29) is 12.0 Å². The molecule has 1 N–H and O–H groups in total. The SMILES string of the molecule is CCOc1cc2occ(-c3ccc(C)cc3C)c2cc1/C(C)=C/C(=O)NCCCOC(C)C. The van der Waals surface area contributed by atoms with Crippen molar-refractivity contribution in [3.63, 3.8) is 0 Å². The van der Waals surface area contributed by atoms with Gasteiger partial charge in [-0.3, -0.25) is 4.79 Å². The van der Waals surface area contributed by atoms with Crippen LogP contribution in [-0.2, 0) is 9.53 Å². The first-order valence-electron chi connectivity index (χ1n) is 11.6. The summed E-state index contributed by atoms with van der Waals surface area (Å²) in [4.78, 5) is 12.5. The maximum Gasteiger partial charge on any atom is 0.244 e. The second kappa shape index (κ2) is 11.2. The Labute approximate surface area is 196 Å². The number of nitrogens with one attached hydrogen (secondary N) is 1. The first kappa shape index (κ1) is 24.6. The Kier molecular flexibility index (Phi) is 8.34. The fourth-order valence-corrected chi connectivity index (χ4v) is 3.89. The summed E-state index contributed by atoms with van der Waals surface area (Å²) >= 11 is 0. The molecule has 5 nitrogen and oxygen atoms in total. The zero-order chi connectivity index (χ0) is 24.0. The zero-order valence-electron chi connectivity index (χ0n) is 20.6. The van der Waals surface area contributed by atoms with E-state index >= 15 is 0 Å². The number of fused-ring (bicyclic) bond motifs is 1. The van der Waals surface area contributed by atoms with Gasteiger partial charge < -0.3 is 19.2 Å². The highest BCUT2D eigenvalue weighted by Crippen LogP contribution is 2.38. The van der Waals surface area contributed by atoms with Crippen molar-refractivity contribution >= 4 is 22.4 Å². The first-order chi connectivity index (χ1) is 15.8. The number of carbonyl (C=O) groups is 1. The van der Waals surface area contributed by atoms with E-state index in [0.29, 0.717) is 25.5 Å². The van der Waals surface area contributed by atoms with E-state index in [9.17, 15) is 4.79 Å². The van der Waals surface area contributed by atoms with Gasteiger partial charge in [-0.1, -0.05) is 23.8 Å². The topological polar surface area (TPSA) is 60.7 Å². The van der Waals surface area contributed by atoms with Gasteiger partial charge in [0, 0.05) is 41.8 Å². The number of furan rings is 1. The second-order valence-corrected chi connectivity index (χ2v) is 8.64. The van der Waals surface area contributed by atoms with E-state index in [2.05, 4.69) is 43.4 Å². The summed E-state index contributed by atoms with van der Waals surface area (Å²) in [6.45, 7) is 13.8. The fourth-order valence-electron chi connectivity index (χ4n) is 3.89. The molecule has 3 rings (SSSR count). The Morgan fingerprint density at radius 2 is 1.94 bits per heavy atom. The van der Waals surface area contributed by atoms with Crippen LogP contribution < -0.4 is 10.1 Å². The quantitative estimate of drug-likeness (QED) is 0.285. The van der Waals surface area contributed by atoms with Gasteiger partial charge in [-0.15, -0.1) is 0 Å². The maximum atomic E-state index is 12.5. The molecule has 0 saturated carbocycles. The summed E-state index contributed by atoms with van der Waals surface area (Å²) in [6, 6.07) is 10.4. The van der Waals surface area contributed by atoms with Crippen LogP contribution in [0.2, 0.25) is 0 Å². The number of hydrogen-bond acceptors (Lipinski definition) is 4. The van der Waals surface area contributed by atoms with Crippen LogP contribution in [0.25, 0.3) is 27.7 Å². The van der Waals surface area contributed by atoms with Crippen molar-refractivity contribution in [3.8, 4) is 16.9 Å². The van der Waals surface area contributed by atoms with Gasteiger partial charge in [0.25, 0.3) is 0 Å². The molecule has 0 radical (unpaired) electrons. The largest absolute Gasteiger partial charge is 0.493 e. The predicted molar refractivity (Wildman–Crippen MR) is 135 cm³/mol. The van der Waals surface area contributed by atoms with E-state index < -0.39 is 0 Å². The van der Waals surface area contributed by atoms with Gasteiger partial charge in [-0.05, 0) is 70.7 Å². The Balaban J connectivity index is 1.89. The van der Waals surface area contributed by atoms with Gasteiger partial charge in [-0.25, -0.2) is 0 Å². The van der Waals surface area contributed by atoms with Crippen molar-refractivity contribution in [2.24, 2.45) is 0 Å². The number of benzene rings is 2. The van der Waals surface area contributed by atoms with Crippen molar-refractivity contribution < 1.29 is 18.7 Å². The molecule has 0 fully saturated rings. The average Bonchev–Trinajstić information content (AvgIpc) is 3.15. The fraction of sp³-hybridized carbons (Fsp3) is 0.393. The van der Waals surface area contributed by atoms with Crippen molar-refractivity contribution in [2.45, 2.75) is 54.1 Å². The third kappa shape index (κ3) is 6.26. The third-order valence-corrected chi connectivity index (χ3v) is 5.49. The van der Waals surface area contributed by atoms with Crippen molar-refractivity contribution in [1.29, 1.82) is 0 Å². The van der Waals surface area contributed by atoms with Crippen molar-refractivity contribution in [3.05, 3.63) is 59.4 Å². The highest BCUT2D eigenvalue weighted by Gasteiger charge is 2.16. The van der Waals surface area contributed by atoms with Crippen LogP contribution in [0, 0.1) is 13.8 Å². The minimum Gasteiger partial charge on any atom is -0.493 e.